The van der Waals surface area contributed by atoms with Gasteiger partial charge < -0.3 is 9.80 Å². The molecule has 1 amide bonds. The lowest BCUT2D eigenvalue weighted by molar-refractivity contribution is -0.129. The van der Waals surface area contributed by atoms with Crippen LogP contribution in [0.3, 0.4) is 0 Å². The van der Waals surface area contributed by atoms with E-state index >= 15 is 0 Å². The van der Waals surface area contributed by atoms with Crippen molar-refractivity contribution in [1.82, 2.24) is 15.1 Å². The Morgan fingerprint density at radius 2 is 1.95 bits per heavy atom. The zero-order valence-electron chi connectivity index (χ0n) is 13.3. The fraction of sp³-hybridized carbons (Fsp3) is 0.562. The maximum Gasteiger partial charge on any atom is 0.241 e. The first-order chi connectivity index (χ1) is 10.0. The maximum atomic E-state index is 12.3. The van der Waals surface area contributed by atoms with Crippen molar-refractivity contribution >= 4 is 17.7 Å². The summed E-state index contributed by atoms with van der Waals surface area (Å²) in [6.45, 7) is 3.73. The number of carbonyl (C=O) groups excluding carboxylic acids is 1. The molecule has 1 fully saturated rings. The number of nitrogens with zero attached hydrogens (tertiary/aromatic N) is 2. The highest BCUT2D eigenvalue weighted by molar-refractivity contribution is 7.98. The molecule has 5 heteroatoms. The van der Waals surface area contributed by atoms with Crippen LogP contribution in [0.25, 0.3) is 0 Å². The molecule has 2 unspecified atom stereocenters. The third kappa shape index (κ3) is 3.99. The molecule has 0 bridgehead atoms. The first-order valence-corrected chi connectivity index (χ1v) is 8.60. The lowest BCUT2D eigenvalue weighted by atomic mass is 10.1. The van der Waals surface area contributed by atoms with Gasteiger partial charge in [0.05, 0.1) is 6.04 Å². The Morgan fingerprint density at radius 3 is 2.52 bits per heavy atom. The Balaban J connectivity index is 2.09. The summed E-state index contributed by atoms with van der Waals surface area (Å²) < 4.78 is 0. The molecule has 21 heavy (non-hydrogen) atoms. The van der Waals surface area contributed by atoms with Crippen molar-refractivity contribution in [2.24, 2.45) is 0 Å². The van der Waals surface area contributed by atoms with Crippen LogP contribution in [0.15, 0.2) is 29.2 Å². The highest BCUT2D eigenvalue weighted by Crippen LogP contribution is 2.27. The third-order valence-electron chi connectivity index (χ3n) is 3.81. The van der Waals surface area contributed by atoms with Gasteiger partial charge in [-0.1, -0.05) is 12.1 Å². The minimum atomic E-state index is -0.102. The summed E-state index contributed by atoms with van der Waals surface area (Å²) in [5.41, 5.74) is 1.16. The number of benzene rings is 1. The third-order valence-corrected chi connectivity index (χ3v) is 4.55. The molecule has 2 atom stereocenters. The smallest absolute Gasteiger partial charge is 0.241 e. The quantitative estimate of drug-likeness (QED) is 0.817. The molecule has 1 aliphatic heterocycles. The zero-order valence-corrected chi connectivity index (χ0v) is 14.1. The van der Waals surface area contributed by atoms with E-state index < -0.39 is 0 Å². The van der Waals surface area contributed by atoms with Gasteiger partial charge >= 0.3 is 0 Å². The van der Waals surface area contributed by atoms with Crippen LogP contribution in [0, 0.1) is 0 Å². The van der Waals surface area contributed by atoms with E-state index in [1.807, 2.05) is 11.8 Å². The molecule has 1 N–H and O–H groups in total. The second kappa shape index (κ2) is 7.29. The van der Waals surface area contributed by atoms with Gasteiger partial charge in [0.15, 0.2) is 0 Å². The van der Waals surface area contributed by atoms with Crippen molar-refractivity contribution in [2.45, 2.75) is 30.4 Å². The van der Waals surface area contributed by atoms with Gasteiger partial charge in [0.25, 0.3) is 0 Å². The predicted molar refractivity (Wildman–Crippen MR) is 88.4 cm³/mol. The standard InChI is InChI=1S/C16H25N3OS/c1-12-16(20)19(11-5-10-18(2)3)15(17-12)13-6-8-14(21-4)9-7-13/h6-9,12,15,17H,5,10-11H2,1-4H3. The van der Waals surface area contributed by atoms with E-state index in [9.17, 15) is 4.79 Å². The summed E-state index contributed by atoms with van der Waals surface area (Å²) >= 11 is 1.73. The molecule has 1 aliphatic rings. The molecule has 1 aromatic rings. The zero-order chi connectivity index (χ0) is 15.4. The van der Waals surface area contributed by atoms with Crippen LogP contribution in [0.2, 0.25) is 0 Å². The summed E-state index contributed by atoms with van der Waals surface area (Å²) in [4.78, 5) is 17.7. The molecule has 1 aromatic carbocycles. The van der Waals surface area contributed by atoms with Crippen LogP contribution in [0.5, 0.6) is 0 Å². The largest absolute Gasteiger partial charge is 0.322 e. The summed E-state index contributed by atoms with van der Waals surface area (Å²) in [5.74, 6) is 0.202. The Kier molecular flexibility index (Phi) is 5.67. The van der Waals surface area contributed by atoms with Crippen LogP contribution in [0.4, 0.5) is 0 Å². The van der Waals surface area contributed by atoms with E-state index in [4.69, 9.17) is 0 Å². The molecule has 0 saturated carbocycles. The molecule has 116 valence electrons. The van der Waals surface area contributed by atoms with Crippen molar-refractivity contribution in [3.8, 4) is 0 Å². The fourth-order valence-corrected chi connectivity index (χ4v) is 3.04. The molecule has 0 spiro atoms. The van der Waals surface area contributed by atoms with E-state index in [1.54, 1.807) is 11.8 Å². The molecular weight excluding hydrogens is 282 g/mol. The SMILES string of the molecule is CSc1ccc(C2NC(C)C(=O)N2CCCN(C)C)cc1. The van der Waals surface area contributed by atoms with E-state index in [0.29, 0.717) is 0 Å². The van der Waals surface area contributed by atoms with Crippen molar-refractivity contribution in [3.63, 3.8) is 0 Å². The Morgan fingerprint density at radius 1 is 1.29 bits per heavy atom. The van der Waals surface area contributed by atoms with Gasteiger partial charge in [0.1, 0.15) is 6.17 Å². The second-order valence-corrected chi connectivity index (χ2v) is 6.63. The van der Waals surface area contributed by atoms with Gasteiger partial charge in [0, 0.05) is 11.4 Å². The van der Waals surface area contributed by atoms with Crippen LogP contribution in [-0.2, 0) is 4.79 Å². The maximum absolute atomic E-state index is 12.3. The monoisotopic (exact) mass is 307 g/mol. The highest BCUT2D eigenvalue weighted by atomic mass is 32.2. The second-order valence-electron chi connectivity index (χ2n) is 5.75. The number of carbonyl (C=O) groups is 1. The average Bonchev–Trinajstić information content (AvgIpc) is 2.75. The Bertz CT molecular complexity index is 475. The summed E-state index contributed by atoms with van der Waals surface area (Å²) in [6, 6.07) is 8.37. The van der Waals surface area contributed by atoms with Crippen LogP contribution >= 0.6 is 11.8 Å². The lowest BCUT2D eigenvalue weighted by Crippen LogP contribution is -2.33. The van der Waals surface area contributed by atoms with E-state index in [-0.39, 0.29) is 18.1 Å². The molecular formula is C16H25N3OS. The van der Waals surface area contributed by atoms with E-state index in [1.165, 1.54) is 4.90 Å². The number of nitrogens with one attached hydrogen (secondary N) is 1. The predicted octanol–water partition coefficient (Wildman–Crippen LogP) is 2.18. The minimum absolute atomic E-state index is 0.00516. The molecule has 0 aliphatic carbocycles. The van der Waals surface area contributed by atoms with Gasteiger partial charge in [-0.25, -0.2) is 0 Å². The average molecular weight is 307 g/mol. The molecule has 2 rings (SSSR count). The van der Waals surface area contributed by atoms with Gasteiger partial charge in [-0.2, -0.15) is 0 Å². The van der Waals surface area contributed by atoms with Crippen molar-refractivity contribution in [3.05, 3.63) is 29.8 Å². The normalized spacial score (nSPS) is 22.3. The number of hydrogen-bond donors (Lipinski definition) is 1. The van der Waals surface area contributed by atoms with Crippen molar-refractivity contribution < 1.29 is 4.79 Å². The van der Waals surface area contributed by atoms with E-state index in [2.05, 4.69) is 54.8 Å². The van der Waals surface area contributed by atoms with Crippen LogP contribution in [-0.4, -0.2) is 55.2 Å². The van der Waals surface area contributed by atoms with Gasteiger partial charge in [0.2, 0.25) is 5.91 Å². The van der Waals surface area contributed by atoms with Crippen molar-refractivity contribution in [1.29, 1.82) is 0 Å². The summed E-state index contributed by atoms with van der Waals surface area (Å²) in [7, 11) is 4.12. The van der Waals surface area contributed by atoms with E-state index in [0.717, 1.165) is 25.1 Å². The van der Waals surface area contributed by atoms with Gasteiger partial charge in [-0.15, -0.1) is 11.8 Å². The van der Waals surface area contributed by atoms with Gasteiger partial charge in [-0.3, -0.25) is 10.1 Å². The van der Waals surface area contributed by atoms with Crippen LogP contribution < -0.4 is 5.32 Å². The molecule has 1 heterocycles. The van der Waals surface area contributed by atoms with Crippen molar-refractivity contribution in [2.75, 3.05) is 33.4 Å². The summed E-state index contributed by atoms with van der Waals surface area (Å²) in [5, 5.41) is 3.40. The summed E-state index contributed by atoms with van der Waals surface area (Å²) in [6.07, 6.45) is 3.07. The number of hydrogen-bond acceptors (Lipinski definition) is 4. The molecule has 0 radical (unpaired) electrons. The fourth-order valence-electron chi connectivity index (χ4n) is 2.63. The molecule has 4 nitrogen and oxygen atoms in total. The Hall–Kier alpha value is -1.04. The lowest BCUT2D eigenvalue weighted by Gasteiger charge is -2.25. The topological polar surface area (TPSA) is 35.6 Å². The minimum Gasteiger partial charge on any atom is -0.322 e. The first-order valence-electron chi connectivity index (χ1n) is 7.38. The molecule has 0 aromatic heterocycles. The molecule has 1 saturated heterocycles. The highest BCUT2D eigenvalue weighted by Gasteiger charge is 2.36. The van der Waals surface area contributed by atoms with Gasteiger partial charge in [-0.05, 0) is 57.9 Å². The Labute approximate surface area is 131 Å². The number of amides is 1. The number of rotatable bonds is 6. The first kappa shape index (κ1) is 16.3. The number of thioether (sulfide) groups is 1. The van der Waals surface area contributed by atoms with Crippen LogP contribution in [0.1, 0.15) is 25.1 Å².